The van der Waals surface area contributed by atoms with Crippen molar-refractivity contribution in [2.24, 2.45) is 5.92 Å². The molecule has 4 nitrogen and oxygen atoms in total. The van der Waals surface area contributed by atoms with Gasteiger partial charge in [-0.1, -0.05) is 29.8 Å². The number of carbonyl (C=O) groups is 1. The number of nitrogens with zero attached hydrogens (tertiary/aromatic N) is 2. The number of hydrogen-bond acceptors (Lipinski definition) is 3. The van der Waals surface area contributed by atoms with Crippen molar-refractivity contribution < 1.29 is 4.79 Å². The SMILES string of the molecule is O=C(NCC1CCN(c2ccccn2)CC1)c1ccccc1Cl. The molecule has 1 aromatic carbocycles. The fraction of sp³-hybridized carbons (Fsp3) is 0.333. The number of benzene rings is 1. The van der Waals surface area contributed by atoms with Gasteiger partial charge in [0.05, 0.1) is 10.6 Å². The normalized spacial score (nSPS) is 15.4. The Morgan fingerprint density at radius 3 is 2.61 bits per heavy atom. The zero-order valence-corrected chi connectivity index (χ0v) is 13.7. The highest BCUT2D eigenvalue weighted by molar-refractivity contribution is 6.33. The first-order valence-electron chi connectivity index (χ1n) is 7.93. The van der Waals surface area contributed by atoms with Crippen LogP contribution in [0.3, 0.4) is 0 Å². The smallest absolute Gasteiger partial charge is 0.252 e. The van der Waals surface area contributed by atoms with Crippen LogP contribution in [0.25, 0.3) is 0 Å². The van der Waals surface area contributed by atoms with E-state index in [9.17, 15) is 4.79 Å². The van der Waals surface area contributed by atoms with Crippen LogP contribution in [0.15, 0.2) is 48.7 Å². The lowest BCUT2D eigenvalue weighted by Gasteiger charge is -2.32. The minimum Gasteiger partial charge on any atom is -0.357 e. The van der Waals surface area contributed by atoms with E-state index in [2.05, 4.69) is 15.2 Å². The van der Waals surface area contributed by atoms with Crippen LogP contribution in [0.4, 0.5) is 5.82 Å². The Kier molecular flexibility index (Phi) is 5.13. The molecule has 1 aromatic heterocycles. The standard InChI is InChI=1S/C18H20ClN3O/c19-16-6-2-1-5-15(16)18(23)21-13-14-8-11-22(12-9-14)17-7-3-4-10-20-17/h1-7,10,14H,8-9,11-13H2,(H,21,23). The lowest BCUT2D eigenvalue weighted by Crippen LogP contribution is -2.39. The lowest BCUT2D eigenvalue weighted by atomic mass is 9.96. The Bertz CT molecular complexity index is 654. The van der Waals surface area contributed by atoms with Crippen LogP contribution in [0.1, 0.15) is 23.2 Å². The number of piperidine rings is 1. The van der Waals surface area contributed by atoms with Crippen molar-refractivity contribution in [1.82, 2.24) is 10.3 Å². The van der Waals surface area contributed by atoms with Gasteiger partial charge in [0.15, 0.2) is 0 Å². The quantitative estimate of drug-likeness (QED) is 0.935. The molecule has 1 aliphatic heterocycles. The Hall–Kier alpha value is -2.07. The number of rotatable bonds is 4. The molecule has 0 aliphatic carbocycles. The highest BCUT2D eigenvalue weighted by atomic mass is 35.5. The fourth-order valence-corrected chi connectivity index (χ4v) is 3.11. The van der Waals surface area contributed by atoms with E-state index in [1.807, 2.05) is 36.5 Å². The molecular weight excluding hydrogens is 310 g/mol. The number of halogens is 1. The summed E-state index contributed by atoms with van der Waals surface area (Å²) in [6, 6.07) is 13.1. The van der Waals surface area contributed by atoms with Crippen LogP contribution in [0.2, 0.25) is 5.02 Å². The van der Waals surface area contributed by atoms with E-state index in [0.717, 1.165) is 31.7 Å². The van der Waals surface area contributed by atoms with Crippen molar-refractivity contribution in [2.45, 2.75) is 12.8 Å². The average Bonchev–Trinajstić information content (AvgIpc) is 2.61. The minimum absolute atomic E-state index is 0.0947. The summed E-state index contributed by atoms with van der Waals surface area (Å²) in [7, 11) is 0. The zero-order valence-electron chi connectivity index (χ0n) is 12.9. The number of nitrogens with one attached hydrogen (secondary N) is 1. The predicted molar refractivity (Wildman–Crippen MR) is 93.0 cm³/mol. The summed E-state index contributed by atoms with van der Waals surface area (Å²) in [4.78, 5) is 18.9. The monoisotopic (exact) mass is 329 g/mol. The molecule has 1 fully saturated rings. The first kappa shape index (κ1) is 15.8. The summed E-state index contributed by atoms with van der Waals surface area (Å²) in [5.74, 6) is 1.44. The molecule has 3 rings (SSSR count). The van der Waals surface area contributed by atoms with Gasteiger partial charge in [0.25, 0.3) is 5.91 Å². The molecule has 0 spiro atoms. The second kappa shape index (κ2) is 7.47. The summed E-state index contributed by atoms with van der Waals surface area (Å²) >= 11 is 6.05. The molecule has 5 heteroatoms. The second-order valence-corrected chi connectivity index (χ2v) is 6.22. The highest BCUT2D eigenvalue weighted by Crippen LogP contribution is 2.21. The molecule has 1 amide bonds. The molecule has 0 bridgehead atoms. The molecule has 23 heavy (non-hydrogen) atoms. The van der Waals surface area contributed by atoms with E-state index in [0.29, 0.717) is 23.0 Å². The van der Waals surface area contributed by atoms with E-state index in [-0.39, 0.29) is 5.91 Å². The molecule has 2 heterocycles. The largest absolute Gasteiger partial charge is 0.357 e. The van der Waals surface area contributed by atoms with Gasteiger partial charge in [-0.3, -0.25) is 4.79 Å². The van der Waals surface area contributed by atoms with Gasteiger partial charge in [0, 0.05) is 25.8 Å². The number of aromatic nitrogens is 1. The molecular formula is C18H20ClN3O. The van der Waals surface area contributed by atoms with E-state index in [1.54, 1.807) is 12.1 Å². The van der Waals surface area contributed by atoms with Crippen LogP contribution in [0.5, 0.6) is 0 Å². The molecule has 0 radical (unpaired) electrons. The third-order valence-corrected chi connectivity index (χ3v) is 4.59. The van der Waals surface area contributed by atoms with Gasteiger partial charge in [-0.15, -0.1) is 0 Å². The molecule has 0 unspecified atom stereocenters. The molecule has 0 atom stereocenters. The second-order valence-electron chi connectivity index (χ2n) is 5.81. The van der Waals surface area contributed by atoms with Crippen molar-refractivity contribution in [2.75, 3.05) is 24.5 Å². The third kappa shape index (κ3) is 4.02. The summed E-state index contributed by atoms with van der Waals surface area (Å²) in [6.07, 6.45) is 3.93. The van der Waals surface area contributed by atoms with Crippen molar-refractivity contribution in [3.63, 3.8) is 0 Å². The van der Waals surface area contributed by atoms with Gasteiger partial charge in [0.1, 0.15) is 5.82 Å². The Morgan fingerprint density at radius 2 is 1.91 bits per heavy atom. The van der Waals surface area contributed by atoms with Crippen molar-refractivity contribution in [3.8, 4) is 0 Å². The maximum atomic E-state index is 12.2. The van der Waals surface area contributed by atoms with Crippen LogP contribution >= 0.6 is 11.6 Å². The van der Waals surface area contributed by atoms with E-state index in [1.165, 1.54) is 0 Å². The van der Waals surface area contributed by atoms with Crippen LogP contribution in [-0.4, -0.2) is 30.5 Å². The zero-order chi connectivity index (χ0) is 16.1. The molecule has 120 valence electrons. The van der Waals surface area contributed by atoms with Crippen LogP contribution in [0, 0.1) is 5.92 Å². The number of pyridine rings is 1. The van der Waals surface area contributed by atoms with Crippen LogP contribution < -0.4 is 10.2 Å². The van der Waals surface area contributed by atoms with Gasteiger partial charge in [0.2, 0.25) is 0 Å². The van der Waals surface area contributed by atoms with Crippen LogP contribution in [-0.2, 0) is 0 Å². The summed E-state index contributed by atoms with van der Waals surface area (Å²) < 4.78 is 0. The van der Waals surface area contributed by atoms with Crippen molar-refractivity contribution >= 4 is 23.3 Å². The minimum atomic E-state index is -0.0947. The first-order valence-corrected chi connectivity index (χ1v) is 8.30. The predicted octanol–water partition coefficient (Wildman–Crippen LogP) is 3.38. The van der Waals surface area contributed by atoms with E-state index >= 15 is 0 Å². The molecule has 1 N–H and O–H groups in total. The lowest BCUT2D eigenvalue weighted by molar-refractivity contribution is 0.0945. The first-order chi connectivity index (χ1) is 11.2. The Labute approximate surface area is 141 Å². The summed E-state index contributed by atoms with van der Waals surface area (Å²) in [5, 5.41) is 3.50. The molecule has 1 aliphatic rings. The van der Waals surface area contributed by atoms with Gasteiger partial charge in [-0.2, -0.15) is 0 Å². The maximum Gasteiger partial charge on any atom is 0.252 e. The Morgan fingerprint density at radius 1 is 1.17 bits per heavy atom. The number of carbonyl (C=O) groups excluding carboxylic acids is 1. The third-order valence-electron chi connectivity index (χ3n) is 4.26. The summed E-state index contributed by atoms with van der Waals surface area (Å²) in [6.45, 7) is 2.65. The van der Waals surface area contributed by atoms with Crippen molar-refractivity contribution in [1.29, 1.82) is 0 Å². The maximum absolute atomic E-state index is 12.2. The molecule has 2 aromatic rings. The number of hydrogen-bond donors (Lipinski definition) is 1. The van der Waals surface area contributed by atoms with Gasteiger partial charge in [-0.25, -0.2) is 4.98 Å². The van der Waals surface area contributed by atoms with Gasteiger partial charge >= 0.3 is 0 Å². The Balaban J connectivity index is 1.48. The molecule has 0 saturated carbocycles. The van der Waals surface area contributed by atoms with E-state index < -0.39 is 0 Å². The highest BCUT2D eigenvalue weighted by Gasteiger charge is 2.21. The number of amides is 1. The van der Waals surface area contributed by atoms with Gasteiger partial charge in [-0.05, 0) is 43.0 Å². The molecule has 1 saturated heterocycles. The van der Waals surface area contributed by atoms with Crippen molar-refractivity contribution in [3.05, 3.63) is 59.2 Å². The van der Waals surface area contributed by atoms with Gasteiger partial charge < -0.3 is 10.2 Å². The fourth-order valence-electron chi connectivity index (χ4n) is 2.88. The topological polar surface area (TPSA) is 45.2 Å². The number of anilines is 1. The summed E-state index contributed by atoms with van der Waals surface area (Å²) in [5.41, 5.74) is 0.542. The average molecular weight is 330 g/mol. The van der Waals surface area contributed by atoms with E-state index in [4.69, 9.17) is 11.6 Å².